The minimum Gasteiger partial charge on any atom is -0.397 e. The number of benzene rings is 1. The first-order chi connectivity index (χ1) is 7.34. The van der Waals surface area contributed by atoms with Gasteiger partial charge in [-0.1, -0.05) is 0 Å². The molecule has 1 aliphatic rings. The van der Waals surface area contributed by atoms with Crippen LogP contribution in [0.25, 0.3) is 11.0 Å². The molecule has 5 nitrogen and oxygen atoms in total. The zero-order chi connectivity index (χ0) is 10.3. The maximum atomic E-state index is 5.75. The summed E-state index contributed by atoms with van der Waals surface area (Å²) in [4.78, 5) is 0. The molecule has 15 heavy (non-hydrogen) atoms. The van der Waals surface area contributed by atoms with E-state index in [1.54, 1.807) is 0 Å². The zero-order valence-electron chi connectivity index (χ0n) is 8.23. The molecule has 0 saturated heterocycles. The summed E-state index contributed by atoms with van der Waals surface area (Å²) in [5, 5.41) is 11.0. The monoisotopic (exact) mass is 204 g/mol. The van der Waals surface area contributed by atoms with Crippen LogP contribution in [0.15, 0.2) is 16.8 Å². The average Bonchev–Trinajstić information content (AvgIpc) is 2.92. The number of rotatable bonds is 3. The largest absolute Gasteiger partial charge is 0.397 e. The molecule has 3 N–H and O–H groups in total. The number of anilines is 2. The fraction of sp³-hybridized carbons (Fsp3) is 0.400. The highest BCUT2D eigenvalue weighted by atomic mass is 16.6. The van der Waals surface area contributed by atoms with Gasteiger partial charge in [-0.05, 0) is 41.2 Å². The first-order valence-corrected chi connectivity index (χ1v) is 5.09. The molecule has 0 bridgehead atoms. The Kier molecular flexibility index (Phi) is 1.77. The van der Waals surface area contributed by atoms with Crippen molar-refractivity contribution in [3.8, 4) is 0 Å². The maximum Gasteiger partial charge on any atom is 0.160 e. The lowest BCUT2D eigenvalue weighted by atomic mass is 10.2. The Bertz CT molecular complexity index is 489. The van der Waals surface area contributed by atoms with Gasteiger partial charge in [-0.3, -0.25) is 0 Å². The molecule has 1 aliphatic carbocycles. The SMILES string of the molecule is Nc1ccc(NCC2CC2)c2nonc12. The highest BCUT2D eigenvalue weighted by Crippen LogP contribution is 2.30. The highest BCUT2D eigenvalue weighted by molar-refractivity contribution is 5.94. The number of nitrogens with zero attached hydrogens (tertiary/aromatic N) is 2. The molecular formula is C10H12N4O. The van der Waals surface area contributed by atoms with Gasteiger partial charge in [0.2, 0.25) is 0 Å². The third kappa shape index (κ3) is 1.49. The van der Waals surface area contributed by atoms with Crippen molar-refractivity contribution in [1.82, 2.24) is 10.3 Å². The van der Waals surface area contributed by atoms with E-state index in [1.165, 1.54) is 12.8 Å². The van der Waals surface area contributed by atoms with Crippen molar-refractivity contribution in [3.05, 3.63) is 12.1 Å². The molecule has 0 radical (unpaired) electrons. The van der Waals surface area contributed by atoms with Crippen molar-refractivity contribution < 1.29 is 4.63 Å². The molecule has 3 rings (SSSR count). The molecule has 1 aromatic heterocycles. The van der Waals surface area contributed by atoms with Gasteiger partial charge in [-0.2, -0.15) is 0 Å². The van der Waals surface area contributed by atoms with Crippen molar-refractivity contribution in [3.63, 3.8) is 0 Å². The lowest BCUT2D eigenvalue weighted by Gasteiger charge is -2.05. The number of aromatic nitrogens is 2. The Hall–Kier alpha value is -1.78. The molecule has 1 aromatic carbocycles. The number of hydrogen-bond donors (Lipinski definition) is 2. The van der Waals surface area contributed by atoms with Crippen LogP contribution in [-0.2, 0) is 0 Å². The molecule has 1 fully saturated rings. The second-order valence-corrected chi connectivity index (χ2v) is 3.99. The van der Waals surface area contributed by atoms with Gasteiger partial charge in [0, 0.05) is 6.54 Å². The third-order valence-electron chi connectivity index (χ3n) is 2.72. The first-order valence-electron chi connectivity index (χ1n) is 5.09. The summed E-state index contributed by atoms with van der Waals surface area (Å²) < 4.78 is 4.69. The normalized spacial score (nSPS) is 15.7. The predicted molar refractivity (Wildman–Crippen MR) is 57.4 cm³/mol. The number of nitrogens with one attached hydrogen (secondary N) is 1. The Labute approximate surface area is 86.6 Å². The maximum absolute atomic E-state index is 5.75. The van der Waals surface area contributed by atoms with Crippen LogP contribution in [0.5, 0.6) is 0 Å². The molecular weight excluding hydrogens is 192 g/mol. The van der Waals surface area contributed by atoms with Gasteiger partial charge in [0.1, 0.15) is 0 Å². The smallest absolute Gasteiger partial charge is 0.160 e. The van der Waals surface area contributed by atoms with Crippen LogP contribution in [0.3, 0.4) is 0 Å². The predicted octanol–water partition coefficient (Wildman–Crippen LogP) is 1.63. The highest BCUT2D eigenvalue weighted by Gasteiger charge is 2.21. The van der Waals surface area contributed by atoms with Crippen molar-refractivity contribution in [2.45, 2.75) is 12.8 Å². The quantitative estimate of drug-likeness (QED) is 0.743. The van der Waals surface area contributed by atoms with Crippen LogP contribution in [0.4, 0.5) is 11.4 Å². The topological polar surface area (TPSA) is 77.0 Å². The molecule has 1 saturated carbocycles. The first kappa shape index (κ1) is 8.52. The van der Waals surface area contributed by atoms with E-state index in [1.807, 2.05) is 12.1 Å². The number of fused-ring (bicyclic) bond motifs is 1. The van der Waals surface area contributed by atoms with Gasteiger partial charge in [-0.25, -0.2) is 4.63 Å². The summed E-state index contributed by atoms with van der Waals surface area (Å²) in [6, 6.07) is 3.74. The standard InChI is InChI=1S/C10H12N4O/c11-7-3-4-8(12-5-6-1-2-6)10-9(7)13-15-14-10/h3-4,6,12H,1-2,5,11H2. The number of hydrogen-bond acceptors (Lipinski definition) is 5. The van der Waals surface area contributed by atoms with Gasteiger partial charge in [0.05, 0.1) is 11.4 Å². The summed E-state index contributed by atoms with van der Waals surface area (Å²) >= 11 is 0. The molecule has 78 valence electrons. The van der Waals surface area contributed by atoms with Gasteiger partial charge < -0.3 is 11.1 Å². The number of nitrogens with two attached hydrogens (primary N) is 1. The van der Waals surface area contributed by atoms with Gasteiger partial charge in [0.15, 0.2) is 11.0 Å². The van der Waals surface area contributed by atoms with E-state index in [-0.39, 0.29) is 0 Å². The Morgan fingerprint density at radius 2 is 2.13 bits per heavy atom. The van der Waals surface area contributed by atoms with E-state index in [9.17, 15) is 0 Å². The van der Waals surface area contributed by atoms with Crippen molar-refractivity contribution in [1.29, 1.82) is 0 Å². The molecule has 0 atom stereocenters. The van der Waals surface area contributed by atoms with Crippen molar-refractivity contribution >= 4 is 22.4 Å². The molecule has 0 amide bonds. The summed E-state index contributed by atoms with van der Waals surface area (Å²) in [5.41, 5.74) is 8.65. The van der Waals surface area contributed by atoms with Gasteiger partial charge >= 0.3 is 0 Å². The second kappa shape index (κ2) is 3.12. The summed E-state index contributed by atoms with van der Waals surface area (Å²) in [7, 11) is 0. The minimum absolute atomic E-state index is 0.600. The van der Waals surface area contributed by atoms with Crippen LogP contribution in [0.2, 0.25) is 0 Å². The zero-order valence-corrected chi connectivity index (χ0v) is 8.23. The summed E-state index contributed by atoms with van der Waals surface area (Å²) in [5.74, 6) is 0.817. The van der Waals surface area contributed by atoms with Gasteiger partial charge in [-0.15, -0.1) is 0 Å². The van der Waals surface area contributed by atoms with Crippen LogP contribution in [0, 0.1) is 5.92 Å². The minimum atomic E-state index is 0.600. The number of nitrogen functional groups attached to an aromatic ring is 1. The molecule has 1 heterocycles. The molecule has 0 spiro atoms. The lowest BCUT2D eigenvalue weighted by Crippen LogP contribution is -2.04. The van der Waals surface area contributed by atoms with Crippen LogP contribution < -0.4 is 11.1 Å². The molecule has 5 heteroatoms. The van der Waals surface area contributed by atoms with E-state index < -0.39 is 0 Å². The fourth-order valence-corrected chi connectivity index (χ4v) is 1.60. The van der Waals surface area contributed by atoms with E-state index in [4.69, 9.17) is 5.73 Å². The van der Waals surface area contributed by atoms with Crippen LogP contribution in [-0.4, -0.2) is 16.9 Å². The van der Waals surface area contributed by atoms with Gasteiger partial charge in [0.25, 0.3) is 0 Å². The van der Waals surface area contributed by atoms with Crippen LogP contribution in [0.1, 0.15) is 12.8 Å². The van der Waals surface area contributed by atoms with E-state index in [0.29, 0.717) is 11.2 Å². The second-order valence-electron chi connectivity index (χ2n) is 3.99. The van der Waals surface area contributed by atoms with E-state index in [0.717, 1.165) is 23.7 Å². The van der Waals surface area contributed by atoms with Crippen molar-refractivity contribution in [2.75, 3.05) is 17.6 Å². The molecule has 0 unspecified atom stereocenters. The molecule has 0 aliphatic heterocycles. The Balaban J connectivity index is 1.94. The van der Waals surface area contributed by atoms with Crippen LogP contribution >= 0.6 is 0 Å². The third-order valence-corrected chi connectivity index (χ3v) is 2.72. The van der Waals surface area contributed by atoms with Crippen molar-refractivity contribution in [2.24, 2.45) is 5.92 Å². The molecule has 2 aromatic rings. The lowest BCUT2D eigenvalue weighted by molar-refractivity contribution is 0.316. The Morgan fingerprint density at radius 3 is 2.93 bits per heavy atom. The van der Waals surface area contributed by atoms with E-state index in [2.05, 4.69) is 20.3 Å². The van der Waals surface area contributed by atoms with E-state index >= 15 is 0 Å². The summed E-state index contributed by atoms with van der Waals surface area (Å²) in [6.45, 7) is 0.992. The summed E-state index contributed by atoms with van der Waals surface area (Å²) in [6.07, 6.45) is 2.64. The fourth-order valence-electron chi connectivity index (χ4n) is 1.60. The average molecular weight is 204 g/mol. The Morgan fingerprint density at radius 1 is 1.33 bits per heavy atom.